The number of amides is 2. The molecule has 210 valence electrons. The predicted octanol–water partition coefficient (Wildman–Crippen LogP) is 4.87. The Balaban J connectivity index is 0.00000220. The summed E-state index contributed by atoms with van der Waals surface area (Å²) < 4.78 is 6.15. The average molecular weight is 584 g/mol. The number of nitrogens with two attached hydrogens (primary N) is 1. The van der Waals surface area contributed by atoms with E-state index in [4.69, 9.17) is 10.2 Å². The summed E-state index contributed by atoms with van der Waals surface area (Å²) in [6.07, 6.45) is 9.60. The van der Waals surface area contributed by atoms with E-state index in [2.05, 4.69) is 26.7 Å². The zero-order valence-corrected chi connectivity index (χ0v) is 23.8. The van der Waals surface area contributed by atoms with Crippen molar-refractivity contribution >= 4 is 65.2 Å². The highest BCUT2D eigenvalue weighted by Gasteiger charge is 2.21. The third-order valence-corrected chi connectivity index (χ3v) is 6.75. The van der Waals surface area contributed by atoms with E-state index in [1.54, 1.807) is 36.6 Å². The van der Waals surface area contributed by atoms with Crippen LogP contribution in [0.5, 0.6) is 0 Å². The van der Waals surface area contributed by atoms with Crippen molar-refractivity contribution in [1.29, 1.82) is 0 Å². The van der Waals surface area contributed by atoms with Gasteiger partial charge in [-0.15, -0.1) is 24.8 Å². The molecular formula is C29H32Cl2N6O3. The van der Waals surface area contributed by atoms with Gasteiger partial charge in [-0.25, -0.2) is 4.98 Å². The Morgan fingerprint density at radius 1 is 1.25 bits per heavy atom. The van der Waals surface area contributed by atoms with Crippen LogP contribution in [0.15, 0.2) is 65.5 Å². The van der Waals surface area contributed by atoms with Crippen molar-refractivity contribution in [3.8, 4) is 0 Å². The minimum atomic E-state index is -0.548. The van der Waals surface area contributed by atoms with Crippen molar-refractivity contribution in [3.05, 3.63) is 89.1 Å². The minimum absolute atomic E-state index is 0. The Morgan fingerprint density at radius 3 is 2.85 bits per heavy atom. The van der Waals surface area contributed by atoms with Gasteiger partial charge in [0.2, 0.25) is 11.8 Å². The smallest absolute Gasteiger partial charge is 0.246 e. The van der Waals surface area contributed by atoms with E-state index >= 15 is 0 Å². The first kappa shape index (κ1) is 30.6. The first-order valence-electron chi connectivity index (χ1n) is 12.5. The highest BCUT2D eigenvalue weighted by Crippen LogP contribution is 2.30. The lowest BCUT2D eigenvalue weighted by atomic mass is 10.1. The Hall–Kier alpha value is -3.92. The van der Waals surface area contributed by atoms with Gasteiger partial charge >= 0.3 is 0 Å². The molecule has 4 aromatic rings. The quantitative estimate of drug-likeness (QED) is 0.265. The van der Waals surface area contributed by atoms with Crippen LogP contribution in [0.1, 0.15) is 34.4 Å². The fourth-order valence-corrected chi connectivity index (χ4v) is 4.56. The number of hydrogen-bond donors (Lipinski definition) is 3. The van der Waals surface area contributed by atoms with Gasteiger partial charge in [0.25, 0.3) is 0 Å². The van der Waals surface area contributed by atoms with Gasteiger partial charge in [0.15, 0.2) is 0 Å². The molecular weight excluding hydrogens is 551 g/mol. The molecule has 0 saturated carbocycles. The first-order valence-corrected chi connectivity index (χ1v) is 12.5. The van der Waals surface area contributed by atoms with Crippen molar-refractivity contribution in [2.24, 2.45) is 5.73 Å². The van der Waals surface area contributed by atoms with Gasteiger partial charge in [0, 0.05) is 49.2 Å². The number of furan rings is 1. The van der Waals surface area contributed by atoms with Crippen molar-refractivity contribution in [2.45, 2.75) is 38.9 Å². The number of aryl methyl sites for hydroxylation is 2. The Morgan fingerprint density at radius 2 is 2.08 bits per heavy atom. The molecule has 1 aliphatic heterocycles. The fraction of sp³-hybridized carbons (Fsp3) is 0.241. The molecule has 1 aliphatic rings. The number of carbonyl (C=O) groups excluding carboxylic acids is 2. The molecule has 0 radical (unpaired) electrons. The van der Waals surface area contributed by atoms with Crippen LogP contribution in [0.4, 0.5) is 11.5 Å². The lowest BCUT2D eigenvalue weighted by molar-refractivity contribution is -0.125. The van der Waals surface area contributed by atoms with Crippen LogP contribution >= 0.6 is 24.8 Å². The molecule has 0 aliphatic carbocycles. The number of likely N-dealkylation sites (N-methyl/N-ethyl adjacent to an activating group) is 1. The van der Waals surface area contributed by atoms with E-state index in [9.17, 15) is 9.59 Å². The van der Waals surface area contributed by atoms with Crippen LogP contribution in [0, 0.1) is 6.92 Å². The van der Waals surface area contributed by atoms with E-state index in [1.165, 1.54) is 6.08 Å². The topological polar surface area (TPSA) is 126 Å². The predicted molar refractivity (Wildman–Crippen MR) is 162 cm³/mol. The molecule has 1 aromatic carbocycles. The van der Waals surface area contributed by atoms with Gasteiger partial charge in [-0.1, -0.05) is 12.1 Å². The summed E-state index contributed by atoms with van der Waals surface area (Å²) >= 11 is 0. The summed E-state index contributed by atoms with van der Waals surface area (Å²) in [5, 5.41) is 7.21. The zero-order chi connectivity index (χ0) is 26.6. The Labute approximate surface area is 245 Å². The van der Waals surface area contributed by atoms with Crippen molar-refractivity contribution < 1.29 is 14.0 Å². The Bertz CT molecular complexity index is 1520. The number of carbonyl (C=O) groups is 2. The number of pyridine rings is 2. The lowest BCUT2D eigenvalue weighted by Gasteiger charge is -2.14. The van der Waals surface area contributed by atoms with E-state index in [-0.39, 0.29) is 36.6 Å². The summed E-state index contributed by atoms with van der Waals surface area (Å²) in [4.78, 5) is 34.9. The van der Waals surface area contributed by atoms with Crippen LogP contribution in [-0.4, -0.2) is 39.8 Å². The summed E-state index contributed by atoms with van der Waals surface area (Å²) in [6.45, 7) is 2.99. The molecule has 5 rings (SSSR count). The van der Waals surface area contributed by atoms with Gasteiger partial charge in [0.1, 0.15) is 17.2 Å². The molecule has 4 N–H and O–H groups in total. The van der Waals surface area contributed by atoms with Crippen LogP contribution < -0.4 is 16.4 Å². The summed E-state index contributed by atoms with van der Waals surface area (Å²) in [5.41, 5.74) is 11.4. The monoisotopic (exact) mass is 582 g/mol. The Kier molecular flexibility index (Phi) is 10.3. The van der Waals surface area contributed by atoms with Gasteiger partial charge in [-0.05, 0) is 66.8 Å². The zero-order valence-electron chi connectivity index (χ0n) is 22.2. The third kappa shape index (κ3) is 6.80. The second kappa shape index (κ2) is 13.4. The number of nitrogens with one attached hydrogen (secondary N) is 2. The van der Waals surface area contributed by atoms with Crippen molar-refractivity contribution in [2.75, 3.05) is 17.7 Å². The molecule has 9 nitrogen and oxygen atoms in total. The highest BCUT2D eigenvalue weighted by atomic mass is 35.5. The molecule has 40 heavy (non-hydrogen) atoms. The third-order valence-electron chi connectivity index (χ3n) is 6.75. The molecule has 3 aromatic heterocycles. The molecule has 11 heteroatoms. The van der Waals surface area contributed by atoms with Crippen molar-refractivity contribution in [1.82, 2.24) is 14.9 Å². The maximum atomic E-state index is 12.9. The number of hydrogen-bond acceptors (Lipinski definition) is 7. The molecule has 0 bridgehead atoms. The summed E-state index contributed by atoms with van der Waals surface area (Å²) in [5.74, 6) is 0.887. The van der Waals surface area contributed by atoms with Gasteiger partial charge in [-0.3, -0.25) is 14.6 Å². The number of rotatable bonds is 7. The second-order valence-electron chi connectivity index (χ2n) is 9.47. The minimum Gasteiger partial charge on any atom is -0.459 e. The van der Waals surface area contributed by atoms with Gasteiger partial charge in [0.05, 0.1) is 18.3 Å². The van der Waals surface area contributed by atoms with E-state index in [0.717, 1.165) is 44.7 Å². The SMILES string of the molecule is Cc1c(CN(C)C(=O)/C=C/c2cnc3c(c2)CCC(N)C(=O)N3)oc2cccc(CNc3cccnc3)c12.Cl.Cl. The molecule has 1 unspecified atom stereocenters. The van der Waals surface area contributed by atoms with Crippen LogP contribution in [0.3, 0.4) is 0 Å². The maximum absolute atomic E-state index is 12.9. The van der Waals surface area contributed by atoms with E-state index in [0.29, 0.717) is 31.7 Å². The van der Waals surface area contributed by atoms with Crippen molar-refractivity contribution in [3.63, 3.8) is 0 Å². The summed E-state index contributed by atoms with van der Waals surface area (Å²) in [6, 6.07) is 11.2. The van der Waals surface area contributed by atoms with Gasteiger partial charge < -0.3 is 25.7 Å². The van der Waals surface area contributed by atoms with E-state index < -0.39 is 6.04 Å². The highest BCUT2D eigenvalue weighted by molar-refractivity contribution is 5.95. The standard InChI is InChI=1S/C29H30N6O3.2ClH/c1-18-25(38-24-7-3-5-21(27(18)24)15-32-22-6-4-12-31-16-22)17-35(2)26(36)11-8-19-13-20-9-10-23(30)29(37)34-28(20)33-14-19;;/h3-8,11-14,16,23,32H,9-10,15,17,30H2,1-2H3,(H,33,34,37);2*1H/b11-8+;;. The van der Waals surface area contributed by atoms with Gasteiger partial charge in [-0.2, -0.15) is 0 Å². The maximum Gasteiger partial charge on any atom is 0.246 e. The molecule has 0 saturated heterocycles. The number of nitrogens with zero attached hydrogens (tertiary/aromatic N) is 3. The summed E-state index contributed by atoms with van der Waals surface area (Å²) in [7, 11) is 1.75. The first-order chi connectivity index (χ1) is 18.4. The van der Waals surface area contributed by atoms with E-state index in [1.807, 2.05) is 37.3 Å². The number of fused-ring (bicyclic) bond motifs is 2. The van der Waals surface area contributed by atoms with Crippen LogP contribution in [-0.2, 0) is 29.1 Å². The molecule has 0 spiro atoms. The fourth-order valence-electron chi connectivity index (χ4n) is 4.56. The largest absolute Gasteiger partial charge is 0.459 e. The van der Waals surface area contributed by atoms with Crippen LogP contribution in [0.2, 0.25) is 0 Å². The van der Waals surface area contributed by atoms with Crippen LogP contribution in [0.25, 0.3) is 17.0 Å². The lowest BCUT2D eigenvalue weighted by Crippen LogP contribution is -2.34. The molecule has 2 amide bonds. The second-order valence-corrected chi connectivity index (χ2v) is 9.47. The number of halogens is 2. The molecule has 1 atom stereocenters. The number of anilines is 2. The molecule has 4 heterocycles. The number of benzene rings is 1. The normalized spacial score (nSPS) is 14.5. The molecule has 0 fully saturated rings. The number of aromatic nitrogens is 2. The average Bonchev–Trinajstić information content (AvgIpc) is 3.17.